The van der Waals surface area contributed by atoms with E-state index in [9.17, 15) is 13.6 Å². The van der Waals surface area contributed by atoms with Crippen LogP contribution in [0.3, 0.4) is 0 Å². The number of aryl methyl sites for hydroxylation is 1. The zero-order valence-corrected chi connectivity index (χ0v) is 20.1. The molecule has 0 radical (unpaired) electrons. The number of pyridine rings is 1. The minimum atomic E-state index is -2.62. The molecule has 1 unspecified atom stereocenters. The first-order valence-electron chi connectivity index (χ1n) is 11.8. The van der Waals surface area contributed by atoms with E-state index in [1.54, 1.807) is 0 Å². The summed E-state index contributed by atoms with van der Waals surface area (Å²) in [6.45, 7) is 3.54. The maximum atomic E-state index is 14.5. The molecule has 0 aliphatic carbocycles. The molecule has 2 fully saturated rings. The van der Waals surface area contributed by atoms with E-state index in [1.807, 2.05) is 42.2 Å². The monoisotopic (exact) mass is 499 g/mol. The van der Waals surface area contributed by atoms with E-state index < -0.39 is 17.8 Å². The van der Waals surface area contributed by atoms with Crippen LogP contribution in [-0.4, -0.2) is 55.6 Å². The summed E-state index contributed by atoms with van der Waals surface area (Å²) in [7, 11) is 0. The number of anilines is 2. The average Bonchev–Trinajstić information content (AvgIpc) is 3.13. The van der Waals surface area contributed by atoms with Crippen LogP contribution in [0, 0.1) is 18.8 Å². The first-order chi connectivity index (χ1) is 16.8. The van der Waals surface area contributed by atoms with Crippen molar-refractivity contribution in [1.29, 1.82) is 0 Å². The molecular formula is C25H27F2N5O2S. The zero-order valence-electron chi connectivity index (χ0n) is 19.3. The Morgan fingerprint density at radius 1 is 1.26 bits per heavy atom. The van der Waals surface area contributed by atoms with Gasteiger partial charge in [-0.15, -0.1) is 11.3 Å². The van der Waals surface area contributed by atoms with Gasteiger partial charge in [-0.25, -0.2) is 13.8 Å². The van der Waals surface area contributed by atoms with Crippen molar-refractivity contribution in [3.8, 4) is 5.75 Å². The van der Waals surface area contributed by atoms with Gasteiger partial charge in [0.15, 0.2) is 0 Å². The molecule has 5 heterocycles. The van der Waals surface area contributed by atoms with E-state index in [4.69, 9.17) is 10.5 Å². The molecule has 1 amide bonds. The second kappa shape index (κ2) is 8.30. The minimum Gasteiger partial charge on any atom is -0.491 e. The fourth-order valence-electron chi connectivity index (χ4n) is 5.39. The Hall–Kier alpha value is -2.98. The number of nitrogens with two attached hydrogens (primary N) is 1. The maximum Gasteiger partial charge on any atom is 0.263 e. The van der Waals surface area contributed by atoms with Crippen LogP contribution < -0.4 is 26.0 Å². The summed E-state index contributed by atoms with van der Waals surface area (Å²) in [5.74, 6) is -3.48. The van der Waals surface area contributed by atoms with Crippen LogP contribution in [0.15, 0.2) is 30.3 Å². The summed E-state index contributed by atoms with van der Waals surface area (Å²) >= 11 is 1.29. The highest BCUT2D eigenvalue weighted by Crippen LogP contribution is 2.42. The number of fused-ring (bicyclic) bond motifs is 4. The number of hydrogen-bond donors (Lipinski definition) is 3. The summed E-state index contributed by atoms with van der Waals surface area (Å²) in [6, 6.07) is 9.47. The van der Waals surface area contributed by atoms with Crippen molar-refractivity contribution in [3.63, 3.8) is 0 Å². The lowest BCUT2D eigenvalue weighted by atomic mass is 9.81. The van der Waals surface area contributed by atoms with E-state index in [0.717, 1.165) is 32.9 Å². The van der Waals surface area contributed by atoms with Gasteiger partial charge >= 0.3 is 0 Å². The number of halogens is 2. The molecule has 6 rings (SSSR count). The molecule has 3 aliphatic heterocycles. The Morgan fingerprint density at radius 2 is 2.03 bits per heavy atom. The van der Waals surface area contributed by atoms with Gasteiger partial charge in [0.05, 0.1) is 23.6 Å². The molecule has 3 aromatic rings. The molecule has 0 spiro atoms. The molecule has 10 heteroatoms. The van der Waals surface area contributed by atoms with E-state index >= 15 is 0 Å². The lowest BCUT2D eigenvalue weighted by Crippen LogP contribution is -2.62. The van der Waals surface area contributed by atoms with Gasteiger partial charge in [-0.2, -0.15) is 0 Å². The molecule has 7 nitrogen and oxygen atoms in total. The van der Waals surface area contributed by atoms with Crippen LogP contribution in [0.1, 0.15) is 20.9 Å². The first kappa shape index (κ1) is 22.5. The molecule has 184 valence electrons. The van der Waals surface area contributed by atoms with Gasteiger partial charge in [-0.05, 0) is 37.1 Å². The van der Waals surface area contributed by atoms with Gasteiger partial charge < -0.3 is 26.0 Å². The van der Waals surface area contributed by atoms with Crippen LogP contribution in [0.2, 0.25) is 0 Å². The first-order valence-corrected chi connectivity index (χ1v) is 12.7. The smallest absolute Gasteiger partial charge is 0.263 e. The van der Waals surface area contributed by atoms with Crippen molar-refractivity contribution >= 4 is 38.8 Å². The van der Waals surface area contributed by atoms with Gasteiger partial charge in [-0.3, -0.25) is 4.79 Å². The number of nitrogens with one attached hydrogen (secondary N) is 2. The third kappa shape index (κ3) is 3.88. The number of ether oxygens (including phenoxy) is 1. The van der Waals surface area contributed by atoms with Crippen molar-refractivity contribution in [3.05, 3.63) is 46.5 Å². The molecule has 0 saturated carbocycles. The third-order valence-corrected chi connectivity index (χ3v) is 8.46. The van der Waals surface area contributed by atoms with Crippen molar-refractivity contribution < 1.29 is 18.3 Å². The Kier molecular flexibility index (Phi) is 5.33. The molecule has 3 atom stereocenters. The second-order valence-electron chi connectivity index (χ2n) is 9.76. The van der Waals surface area contributed by atoms with Crippen molar-refractivity contribution in [2.75, 3.05) is 43.4 Å². The molecule has 2 bridgehead atoms. The van der Waals surface area contributed by atoms with E-state index in [1.165, 1.54) is 11.3 Å². The average molecular weight is 500 g/mol. The minimum absolute atomic E-state index is 0.195. The third-order valence-electron chi connectivity index (χ3n) is 7.35. The normalized spacial score (nSPS) is 25.1. The summed E-state index contributed by atoms with van der Waals surface area (Å²) < 4.78 is 35.0. The number of carbonyl (C=O) groups is 1. The second-order valence-corrected chi connectivity index (χ2v) is 10.8. The van der Waals surface area contributed by atoms with Gasteiger partial charge in [0.1, 0.15) is 22.1 Å². The quantitative estimate of drug-likeness (QED) is 0.513. The van der Waals surface area contributed by atoms with Gasteiger partial charge in [0.2, 0.25) is 0 Å². The number of rotatable bonds is 3. The number of hydrogen-bond acceptors (Lipinski definition) is 7. The van der Waals surface area contributed by atoms with Crippen LogP contribution in [0.4, 0.5) is 20.2 Å². The summed E-state index contributed by atoms with van der Waals surface area (Å²) in [6.07, 6.45) is 0.622. The number of thiophene rings is 1. The Bertz CT molecular complexity index is 1300. The number of aromatic nitrogens is 1. The number of amides is 1. The van der Waals surface area contributed by atoms with Crippen molar-refractivity contribution in [1.82, 2.24) is 15.6 Å². The lowest BCUT2D eigenvalue weighted by molar-refractivity contribution is -0.130. The molecular weight excluding hydrogens is 472 g/mol. The predicted octanol–water partition coefficient (Wildman–Crippen LogP) is 3.21. The molecule has 3 aliphatic rings. The summed E-state index contributed by atoms with van der Waals surface area (Å²) in [5, 5.41) is 6.97. The SMILES string of the molecule is Cc1ccc2c(N)c(C(=O)N[C@H]3COc4cc(N5CC6CNC[C@@H](C5)C6(F)F)ccc4C3)sc2n1. The standard InChI is InChI=1S/C25H27F2N5O2S/c1-13-2-5-19-21(28)22(35-24(19)30-13)23(33)31-17-6-14-3-4-18(7-20(14)34-12-17)32-10-15-8-29-9-16(11-32)25(15,26)27/h2-5,7,15-17,29H,6,8-12,28H2,1H3,(H,31,33)/t15-,16?,17+/m0/s1. The topological polar surface area (TPSA) is 92.5 Å². The lowest BCUT2D eigenvalue weighted by Gasteiger charge is -2.48. The van der Waals surface area contributed by atoms with Crippen LogP contribution in [-0.2, 0) is 6.42 Å². The Morgan fingerprint density at radius 3 is 2.80 bits per heavy atom. The molecule has 35 heavy (non-hydrogen) atoms. The molecule has 2 saturated heterocycles. The fraction of sp³-hybridized carbons (Fsp3) is 0.440. The molecule has 2 aromatic heterocycles. The van der Waals surface area contributed by atoms with E-state index in [2.05, 4.69) is 15.6 Å². The van der Waals surface area contributed by atoms with Gasteiger partial charge in [0.25, 0.3) is 11.8 Å². The number of benzene rings is 1. The Labute approximate surface area is 205 Å². The number of nitrogens with zero attached hydrogens (tertiary/aromatic N) is 2. The number of carbonyl (C=O) groups excluding carboxylic acids is 1. The maximum absolute atomic E-state index is 14.5. The number of alkyl halides is 2. The van der Waals surface area contributed by atoms with Crippen LogP contribution >= 0.6 is 11.3 Å². The zero-order chi connectivity index (χ0) is 24.3. The summed E-state index contributed by atoms with van der Waals surface area (Å²) in [4.78, 5) is 20.7. The van der Waals surface area contributed by atoms with Gasteiger partial charge in [0, 0.05) is 49.0 Å². The highest BCUT2D eigenvalue weighted by molar-refractivity contribution is 7.21. The largest absolute Gasteiger partial charge is 0.491 e. The number of piperidine rings is 2. The summed E-state index contributed by atoms with van der Waals surface area (Å²) in [5.41, 5.74) is 9.44. The van der Waals surface area contributed by atoms with E-state index in [0.29, 0.717) is 49.8 Å². The molecule has 1 aromatic carbocycles. The van der Waals surface area contributed by atoms with E-state index in [-0.39, 0.29) is 11.9 Å². The highest BCUT2D eigenvalue weighted by Gasteiger charge is 2.53. The van der Waals surface area contributed by atoms with Crippen LogP contribution in [0.25, 0.3) is 10.2 Å². The molecule has 4 N–H and O–H groups in total. The predicted molar refractivity (Wildman–Crippen MR) is 133 cm³/mol. The van der Waals surface area contributed by atoms with Crippen molar-refractivity contribution in [2.45, 2.75) is 25.3 Å². The van der Waals surface area contributed by atoms with Crippen LogP contribution in [0.5, 0.6) is 5.75 Å². The Balaban J connectivity index is 1.15. The fourth-order valence-corrected chi connectivity index (χ4v) is 6.43. The van der Waals surface area contributed by atoms with Gasteiger partial charge in [-0.1, -0.05) is 6.07 Å². The highest BCUT2D eigenvalue weighted by atomic mass is 32.1. The van der Waals surface area contributed by atoms with Crippen molar-refractivity contribution in [2.24, 2.45) is 11.8 Å². The number of nitrogen functional groups attached to an aromatic ring is 1.